The smallest absolute Gasteiger partial charge is 0.0962 e. The predicted octanol–water partition coefficient (Wildman–Crippen LogP) is -0.154. The van der Waals surface area contributed by atoms with Crippen molar-refractivity contribution in [2.24, 2.45) is 0 Å². The topological polar surface area (TPSA) is 56.8 Å². The van der Waals surface area contributed by atoms with E-state index in [2.05, 4.69) is 39.6 Å². The molecule has 2 N–H and O–H groups in total. The van der Waals surface area contributed by atoms with Gasteiger partial charge in [-0.3, -0.25) is 0 Å². The number of nitrogens with zero attached hydrogens (tertiary/aromatic N) is 3. The molecule has 1 heterocycles. The van der Waals surface area contributed by atoms with Gasteiger partial charge in [-0.15, -0.1) is 0 Å². The van der Waals surface area contributed by atoms with Crippen LogP contribution >= 0.6 is 0 Å². The molecule has 1 aromatic heterocycles. The summed E-state index contributed by atoms with van der Waals surface area (Å²) in [5.74, 6) is 0. The van der Waals surface area contributed by atoms with Crippen molar-refractivity contribution in [2.75, 3.05) is 26.7 Å². The Kier molecular flexibility index (Phi) is 4.42. The van der Waals surface area contributed by atoms with Crippen LogP contribution in [0, 0.1) is 0 Å². The summed E-state index contributed by atoms with van der Waals surface area (Å²) in [6.07, 6.45) is 1.73. The third-order valence-electron chi connectivity index (χ3n) is 1.98. The minimum Gasteiger partial charge on any atom is -0.310 e. The monoisotopic (exact) mass is 183 g/mol. The Labute approximate surface area is 78.5 Å². The minimum atomic E-state index is 0.786. The highest BCUT2D eigenvalue weighted by atomic mass is 15.3. The van der Waals surface area contributed by atoms with E-state index in [9.17, 15) is 0 Å². The first kappa shape index (κ1) is 10.1. The van der Waals surface area contributed by atoms with Gasteiger partial charge in [0.25, 0.3) is 0 Å². The summed E-state index contributed by atoms with van der Waals surface area (Å²) < 4.78 is 0. The van der Waals surface area contributed by atoms with Gasteiger partial charge in [0.1, 0.15) is 0 Å². The van der Waals surface area contributed by atoms with E-state index in [0.29, 0.717) is 0 Å². The zero-order valence-corrected chi connectivity index (χ0v) is 8.25. The third kappa shape index (κ3) is 4.00. The van der Waals surface area contributed by atoms with Crippen molar-refractivity contribution in [3.63, 3.8) is 0 Å². The molecule has 0 fully saturated rings. The summed E-state index contributed by atoms with van der Waals surface area (Å²) in [7, 11) is 2.11. The molecule has 0 spiro atoms. The van der Waals surface area contributed by atoms with Gasteiger partial charge in [0.2, 0.25) is 0 Å². The van der Waals surface area contributed by atoms with Gasteiger partial charge in [0.05, 0.1) is 11.9 Å². The number of H-pyrrole nitrogens is 1. The van der Waals surface area contributed by atoms with E-state index in [4.69, 9.17) is 0 Å². The summed E-state index contributed by atoms with van der Waals surface area (Å²) in [4.78, 5) is 2.26. The van der Waals surface area contributed by atoms with Gasteiger partial charge in [0, 0.05) is 19.6 Å². The van der Waals surface area contributed by atoms with Gasteiger partial charge in [-0.1, -0.05) is 6.92 Å². The Balaban J connectivity index is 2.02. The van der Waals surface area contributed by atoms with E-state index in [-0.39, 0.29) is 0 Å². The second kappa shape index (κ2) is 5.66. The first-order chi connectivity index (χ1) is 6.33. The molecule has 0 aliphatic heterocycles. The number of nitrogens with one attached hydrogen (secondary N) is 2. The van der Waals surface area contributed by atoms with Gasteiger partial charge in [-0.25, -0.2) is 0 Å². The Hall–Kier alpha value is -0.940. The lowest BCUT2D eigenvalue weighted by atomic mass is 10.4. The molecule has 5 heteroatoms. The molecule has 74 valence electrons. The molecule has 0 saturated carbocycles. The lowest BCUT2D eigenvalue weighted by Gasteiger charge is -2.13. The lowest BCUT2D eigenvalue weighted by molar-refractivity contribution is 0.348. The van der Waals surface area contributed by atoms with E-state index in [0.717, 1.165) is 31.9 Å². The Morgan fingerprint density at radius 3 is 3.08 bits per heavy atom. The number of likely N-dealkylation sites (N-methyl/N-ethyl adjacent to an activating group) is 1. The highest BCUT2D eigenvalue weighted by Gasteiger charge is 1.96. The number of aromatic amines is 1. The van der Waals surface area contributed by atoms with Gasteiger partial charge in [-0.2, -0.15) is 15.4 Å². The van der Waals surface area contributed by atoms with Crippen LogP contribution in [-0.4, -0.2) is 47.0 Å². The summed E-state index contributed by atoms with van der Waals surface area (Å²) >= 11 is 0. The molecule has 0 unspecified atom stereocenters. The number of hydrogen-bond donors (Lipinski definition) is 2. The molecule has 0 saturated heterocycles. The van der Waals surface area contributed by atoms with E-state index in [1.807, 2.05) is 0 Å². The molecule has 0 aliphatic rings. The van der Waals surface area contributed by atoms with Crippen molar-refractivity contribution in [2.45, 2.75) is 13.5 Å². The van der Waals surface area contributed by atoms with Crippen LogP contribution in [0.4, 0.5) is 0 Å². The molecule has 5 nitrogen and oxygen atoms in total. The van der Waals surface area contributed by atoms with Crippen LogP contribution in [-0.2, 0) is 6.54 Å². The highest BCUT2D eigenvalue weighted by Crippen LogP contribution is 1.86. The quantitative estimate of drug-likeness (QED) is 0.602. The van der Waals surface area contributed by atoms with E-state index in [1.54, 1.807) is 6.20 Å². The van der Waals surface area contributed by atoms with Crippen LogP contribution in [0.3, 0.4) is 0 Å². The van der Waals surface area contributed by atoms with Crippen LogP contribution in [0.5, 0.6) is 0 Å². The van der Waals surface area contributed by atoms with Crippen LogP contribution in [0.25, 0.3) is 0 Å². The highest BCUT2D eigenvalue weighted by molar-refractivity contribution is 4.88. The lowest BCUT2D eigenvalue weighted by Crippen LogP contribution is -2.28. The zero-order chi connectivity index (χ0) is 9.52. The van der Waals surface area contributed by atoms with Gasteiger partial charge < -0.3 is 10.2 Å². The van der Waals surface area contributed by atoms with Crippen molar-refractivity contribution >= 4 is 0 Å². The molecule has 0 atom stereocenters. The van der Waals surface area contributed by atoms with Crippen LogP contribution < -0.4 is 5.32 Å². The number of aromatic nitrogens is 3. The molecule has 0 aromatic carbocycles. The Morgan fingerprint density at radius 1 is 1.62 bits per heavy atom. The summed E-state index contributed by atoms with van der Waals surface area (Å²) in [6.45, 7) is 6.07. The maximum absolute atomic E-state index is 3.94. The standard InChI is InChI=1S/C8H17N5/c1-3-13(2)5-4-9-6-8-7-10-12-11-8/h7,9H,3-6H2,1-2H3,(H,10,11,12). The molecule has 1 aromatic rings. The maximum Gasteiger partial charge on any atom is 0.0962 e. The SMILES string of the molecule is CCN(C)CCNCc1cn[nH]n1. The first-order valence-electron chi connectivity index (χ1n) is 4.57. The van der Waals surface area contributed by atoms with Gasteiger partial charge in [-0.05, 0) is 13.6 Å². The fraction of sp³-hybridized carbons (Fsp3) is 0.750. The van der Waals surface area contributed by atoms with E-state index >= 15 is 0 Å². The molecule has 0 bridgehead atoms. The minimum absolute atomic E-state index is 0.786. The molecular formula is C8H17N5. The Bertz CT molecular complexity index is 208. The molecule has 0 radical (unpaired) electrons. The fourth-order valence-corrected chi connectivity index (χ4v) is 0.955. The van der Waals surface area contributed by atoms with Gasteiger partial charge >= 0.3 is 0 Å². The summed E-state index contributed by atoms with van der Waals surface area (Å²) in [5, 5.41) is 13.5. The third-order valence-corrected chi connectivity index (χ3v) is 1.98. The zero-order valence-electron chi connectivity index (χ0n) is 8.25. The Morgan fingerprint density at radius 2 is 2.46 bits per heavy atom. The largest absolute Gasteiger partial charge is 0.310 e. The molecular weight excluding hydrogens is 166 g/mol. The average Bonchev–Trinajstić information content (AvgIpc) is 2.64. The van der Waals surface area contributed by atoms with Crippen LogP contribution in [0.15, 0.2) is 6.20 Å². The fourth-order valence-electron chi connectivity index (χ4n) is 0.955. The van der Waals surface area contributed by atoms with Gasteiger partial charge in [0.15, 0.2) is 0 Å². The number of rotatable bonds is 6. The van der Waals surface area contributed by atoms with Crippen molar-refractivity contribution in [3.05, 3.63) is 11.9 Å². The second-order valence-corrected chi connectivity index (χ2v) is 3.03. The van der Waals surface area contributed by atoms with Crippen molar-refractivity contribution in [3.8, 4) is 0 Å². The number of hydrogen-bond acceptors (Lipinski definition) is 4. The second-order valence-electron chi connectivity index (χ2n) is 3.03. The van der Waals surface area contributed by atoms with Crippen molar-refractivity contribution in [1.29, 1.82) is 0 Å². The summed E-state index contributed by atoms with van der Waals surface area (Å²) in [6, 6.07) is 0. The van der Waals surface area contributed by atoms with Crippen LogP contribution in [0.2, 0.25) is 0 Å². The normalized spacial score (nSPS) is 11.0. The summed E-state index contributed by atoms with van der Waals surface area (Å²) in [5.41, 5.74) is 0.958. The molecule has 0 amide bonds. The molecule has 13 heavy (non-hydrogen) atoms. The first-order valence-corrected chi connectivity index (χ1v) is 4.57. The van der Waals surface area contributed by atoms with Crippen molar-refractivity contribution < 1.29 is 0 Å². The van der Waals surface area contributed by atoms with E-state index in [1.165, 1.54) is 0 Å². The molecule has 0 aliphatic carbocycles. The van der Waals surface area contributed by atoms with Crippen molar-refractivity contribution in [1.82, 2.24) is 25.6 Å². The predicted molar refractivity (Wildman–Crippen MR) is 51.3 cm³/mol. The van der Waals surface area contributed by atoms with Crippen LogP contribution in [0.1, 0.15) is 12.6 Å². The molecule has 1 rings (SSSR count). The average molecular weight is 183 g/mol. The maximum atomic E-state index is 3.94. The van der Waals surface area contributed by atoms with E-state index < -0.39 is 0 Å².